The van der Waals surface area contributed by atoms with Crippen LogP contribution in [0.4, 0.5) is 0 Å². The van der Waals surface area contributed by atoms with Crippen molar-refractivity contribution in [3.05, 3.63) is 70.5 Å². The molecule has 0 saturated heterocycles. The van der Waals surface area contributed by atoms with Crippen LogP contribution in [0, 0.1) is 0 Å². The molecule has 1 amide bonds. The Morgan fingerprint density at radius 1 is 0.933 bits per heavy atom. The minimum Gasteiger partial charge on any atom is -0.497 e. The maximum absolute atomic E-state index is 12.6. The van der Waals surface area contributed by atoms with Crippen molar-refractivity contribution < 1.29 is 19.0 Å². The van der Waals surface area contributed by atoms with Crippen LogP contribution < -0.4 is 25.1 Å². The van der Waals surface area contributed by atoms with Gasteiger partial charge in [-0.15, -0.1) is 0 Å². The Kier molecular flexibility index (Phi) is 6.69. The van der Waals surface area contributed by atoms with Gasteiger partial charge in [0.05, 0.1) is 33.6 Å². The lowest BCUT2D eigenvalue weighted by Crippen LogP contribution is -2.32. The maximum atomic E-state index is 12.6. The van der Waals surface area contributed by atoms with Crippen molar-refractivity contribution >= 4 is 5.91 Å². The third-order valence-electron chi connectivity index (χ3n) is 4.52. The first-order valence-corrected chi connectivity index (χ1v) is 9.29. The van der Waals surface area contributed by atoms with Gasteiger partial charge in [0.2, 0.25) is 0 Å². The number of amides is 1. The number of benzene rings is 2. The van der Waals surface area contributed by atoms with Crippen molar-refractivity contribution in [2.45, 2.75) is 6.54 Å². The van der Waals surface area contributed by atoms with Gasteiger partial charge in [0.25, 0.3) is 11.5 Å². The minimum atomic E-state index is -0.358. The summed E-state index contributed by atoms with van der Waals surface area (Å²) in [5.41, 5.74) is 1.55. The predicted octanol–water partition coefficient (Wildman–Crippen LogP) is 2.37. The van der Waals surface area contributed by atoms with Crippen LogP contribution in [0.2, 0.25) is 0 Å². The predicted molar refractivity (Wildman–Crippen MR) is 112 cm³/mol. The van der Waals surface area contributed by atoms with E-state index in [0.717, 1.165) is 11.3 Å². The second-order valence-corrected chi connectivity index (χ2v) is 6.30. The topological polar surface area (TPSA) is 91.7 Å². The van der Waals surface area contributed by atoms with Crippen LogP contribution in [0.15, 0.2) is 59.4 Å². The average molecular weight is 409 g/mol. The van der Waals surface area contributed by atoms with E-state index in [4.69, 9.17) is 14.2 Å². The number of methoxy groups -OCH3 is 3. The Balaban J connectivity index is 1.72. The molecule has 2 aromatic carbocycles. The van der Waals surface area contributed by atoms with Crippen molar-refractivity contribution in [1.29, 1.82) is 0 Å². The molecule has 0 radical (unpaired) electrons. The molecule has 8 heteroatoms. The first-order valence-electron chi connectivity index (χ1n) is 9.29. The fourth-order valence-electron chi connectivity index (χ4n) is 2.96. The quantitative estimate of drug-likeness (QED) is 0.614. The summed E-state index contributed by atoms with van der Waals surface area (Å²) in [6, 6.07) is 15.6. The summed E-state index contributed by atoms with van der Waals surface area (Å²) in [4.78, 5) is 24.8. The highest BCUT2D eigenvalue weighted by atomic mass is 16.5. The SMILES string of the molecule is COc1ccc(-c2ccc(=O)n(CCNC(=O)c3c(OC)cccc3OC)n2)cc1. The lowest BCUT2D eigenvalue weighted by atomic mass is 10.1. The van der Waals surface area contributed by atoms with Crippen LogP contribution in [0.5, 0.6) is 17.2 Å². The van der Waals surface area contributed by atoms with Crippen molar-refractivity contribution in [3.8, 4) is 28.5 Å². The average Bonchev–Trinajstić information content (AvgIpc) is 2.79. The third kappa shape index (κ3) is 4.60. The van der Waals surface area contributed by atoms with Gasteiger partial charge in [0.15, 0.2) is 0 Å². The molecular formula is C22H23N3O5. The lowest BCUT2D eigenvalue weighted by Gasteiger charge is -2.13. The van der Waals surface area contributed by atoms with Gasteiger partial charge in [0.1, 0.15) is 22.8 Å². The van der Waals surface area contributed by atoms with E-state index in [1.165, 1.54) is 25.0 Å². The molecule has 0 atom stereocenters. The smallest absolute Gasteiger partial charge is 0.266 e. The van der Waals surface area contributed by atoms with Gasteiger partial charge in [0, 0.05) is 18.2 Å². The number of carbonyl (C=O) groups is 1. The summed E-state index contributed by atoms with van der Waals surface area (Å²) in [6.07, 6.45) is 0. The van der Waals surface area contributed by atoms with E-state index in [2.05, 4.69) is 10.4 Å². The van der Waals surface area contributed by atoms with Gasteiger partial charge < -0.3 is 19.5 Å². The molecule has 1 heterocycles. The number of ether oxygens (including phenoxy) is 3. The fourth-order valence-corrected chi connectivity index (χ4v) is 2.96. The molecule has 0 saturated carbocycles. The van der Waals surface area contributed by atoms with Crippen LogP contribution in [0.3, 0.4) is 0 Å². The van der Waals surface area contributed by atoms with Gasteiger partial charge in [-0.1, -0.05) is 6.07 Å². The molecule has 0 aliphatic rings. The number of aromatic nitrogens is 2. The van der Waals surface area contributed by atoms with Crippen molar-refractivity contribution in [2.24, 2.45) is 0 Å². The lowest BCUT2D eigenvalue weighted by molar-refractivity contribution is 0.0945. The Labute approximate surface area is 174 Å². The summed E-state index contributed by atoms with van der Waals surface area (Å²) < 4.78 is 17.0. The highest BCUT2D eigenvalue weighted by Gasteiger charge is 2.17. The molecule has 0 bridgehead atoms. The van der Waals surface area contributed by atoms with Crippen molar-refractivity contribution in [1.82, 2.24) is 15.1 Å². The molecule has 0 aliphatic heterocycles. The van der Waals surface area contributed by atoms with E-state index >= 15 is 0 Å². The summed E-state index contributed by atoms with van der Waals surface area (Å²) >= 11 is 0. The molecule has 1 aromatic heterocycles. The largest absolute Gasteiger partial charge is 0.497 e. The molecule has 0 aliphatic carbocycles. The number of hydrogen-bond acceptors (Lipinski definition) is 6. The van der Waals surface area contributed by atoms with E-state index in [9.17, 15) is 9.59 Å². The van der Waals surface area contributed by atoms with Crippen molar-refractivity contribution in [3.63, 3.8) is 0 Å². The van der Waals surface area contributed by atoms with E-state index in [-0.39, 0.29) is 24.6 Å². The Morgan fingerprint density at radius 2 is 1.60 bits per heavy atom. The highest BCUT2D eigenvalue weighted by Crippen LogP contribution is 2.27. The molecule has 3 aromatic rings. The first kappa shape index (κ1) is 20.9. The van der Waals surface area contributed by atoms with Gasteiger partial charge in [-0.2, -0.15) is 5.10 Å². The molecule has 1 N–H and O–H groups in total. The highest BCUT2D eigenvalue weighted by molar-refractivity contribution is 5.99. The van der Waals surface area contributed by atoms with Crippen molar-refractivity contribution in [2.75, 3.05) is 27.9 Å². The monoisotopic (exact) mass is 409 g/mol. The Bertz CT molecular complexity index is 1050. The third-order valence-corrected chi connectivity index (χ3v) is 4.52. The summed E-state index contributed by atoms with van der Waals surface area (Å²) in [5, 5.41) is 7.18. The van der Waals surface area contributed by atoms with E-state index in [0.29, 0.717) is 22.8 Å². The zero-order chi connectivity index (χ0) is 21.5. The minimum absolute atomic E-state index is 0.207. The summed E-state index contributed by atoms with van der Waals surface area (Å²) in [5.74, 6) is 1.19. The van der Waals surface area contributed by atoms with E-state index < -0.39 is 0 Å². The molecule has 0 unspecified atom stereocenters. The maximum Gasteiger partial charge on any atom is 0.266 e. The zero-order valence-corrected chi connectivity index (χ0v) is 17.0. The van der Waals surface area contributed by atoms with E-state index in [1.807, 2.05) is 24.3 Å². The molecule has 0 spiro atoms. The number of nitrogens with one attached hydrogen (secondary N) is 1. The molecule has 0 fully saturated rings. The van der Waals surface area contributed by atoms with Crippen LogP contribution in [-0.2, 0) is 6.54 Å². The summed E-state index contributed by atoms with van der Waals surface area (Å²) in [7, 11) is 4.57. The standard InChI is InChI=1S/C22H23N3O5/c1-28-16-9-7-15(8-10-16)17-11-12-20(26)25(24-17)14-13-23-22(27)21-18(29-2)5-4-6-19(21)30-3/h4-12H,13-14H2,1-3H3,(H,23,27). The number of carbonyl (C=O) groups excluding carboxylic acids is 1. The normalized spacial score (nSPS) is 10.4. The fraction of sp³-hybridized carbons (Fsp3) is 0.227. The van der Waals surface area contributed by atoms with Crippen LogP contribution in [-0.4, -0.2) is 43.6 Å². The van der Waals surface area contributed by atoms with Crippen LogP contribution in [0.1, 0.15) is 10.4 Å². The number of rotatable bonds is 8. The molecular weight excluding hydrogens is 386 g/mol. The summed E-state index contributed by atoms with van der Waals surface area (Å²) in [6.45, 7) is 0.422. The zero-order valence-electron chi connectivity index (χ0n) is 17.0. The molecule has 8 nitrogen and oxygen atoms in total. The van der Waals surface area contributed by atoms with Crippen LogP contribution >= 0.6 is 0 Å². The van der Waals surface area contributed by atoms with Gasteiger partial charge in [-0.05, 0) is 42.5 Å². The van der Waals surface area contributed by atoms with Crippen LogP contribution in [0.25, 0.3) is 11.3 Å². The number of nitrogens with zero attached hydrogens (tertiary/aromatic N) is 2. The van der Waals surface area contributed by atoms with Gasteiger partial charge in [-0.3, -0.25) is 9.59 Å². The van der Waals surface area contributed by atoms with Gasteiger partial charge >= 0.3 is 0 Å². The number of hydrogen-bond donors (Lipinski definition) is 1. The second-order valence-electron chi connectivity index (χ2n) is 6.30. The van der Waals surface area contributed by atoms with Gasteiger partial charge in [-0.25, -0.2) is 4.68 Å². The molecule has 156 valence electrons. The Hall–Kier alpha value is -3.81. The Morgan fingerprint density at radius 3 is 2.20 bits per heavy atom. The first-order chi connectivity index (χ1) is 14.6. The molecule has 3 rings (SSSR count). The second kappa shape index (κ2) is 9.60. The molecule has 30 heavy (non-hydrogen) atoms. The van der Waals surface area contributed by atoms with E-state index in [1.54, 1.807) is 31.4 Å².